The number of aryl methyl sites for hydroxylation is 1. The monoisotopic (exact) mass is 266 g/mol. The Morgan fingerprint density at radius 1 is 1.67 bits per heavy atom. The Hall–Kier alpha value is -1.32. The molecule has 0 spiro atoms. The summed E-state index contributed by atoms with van der Waals surface area (Å²) in [7, 11) is 0. The lowest BCUT2D eigenvalue weighted by Gasteiger charge is -2.09. The molecule has 0 aliphatic heterocycles. The standard InChI is InChI=1S/C12H18N4OS/c1-3-5-14-10(8-13)4-6-18-12-15-9(2)7-11(17)16-12/h7,10,14H,3-6H2,1-2H3,(H,15,16,17). The Balaban J connectivity index is 2.41. The molecule has 0 aromatic carbocycles. The second-order valence-electron chi connectivity index (χ2n) is 3.96. The molecule has 18 heavy (non-hydrogen) atoms. The summed E-state index contributed by atoms with van der Waals surface area (Å²) in [6.45, 7) is 4.71. The Morgan fingerprint density at radius 3 is 3.06 bits per heavy atom. The number of H-pyrrole nitrogens is 1. The summed E-state index contributed by atoms with van der Waals surface area (Å²) in [5.74, 6) is 0.751. The largest absolute Gasteiger partial charge is 0.302 e. The van der Waals surface area contributed by atoms with E-state index in [1.165, 1.54) is 17.8 Å². The molecule has 1 atom stereocenters. The van der Waals surface area contributed by atoms with Crippen molar-refractivity contribution in [3.8, 4) is 6.07 Å². The lowest BCUT2D eigenvalue weighted by molar-refractivity contribution is 0.585. The number of nitrogens with zero attached hydrogens (tertiary/aromatic N) is 2. The molecule has 0 fully saturated rings. The minimum Gasteiger partial charge on any atom is -0.302 e. The van der Waals surface area contributed by atoms with E-state index in [4.69, 9.17) is 5.26 Å². The van der Waals surface area contributed by atoms with Gasteiger partial charge in [0.1, 0.15) is 0 Å². The van der Waals surface area contributed by atoms with Crippen LogP contribution in [0.2, 0.25) is 0 Å². The summed E-state index contributed by atoms with van der Waals surface area (Å²) < 4.78 is 0. The number of rotatable bonds is 7. The number of thioether (sulfide) groups is 1. The second kappa shape index (κ2) is 7.90. The molecule has 1 aromatic rings. The fourth-order valence-corrected chi connectivity index (χ4v) is 2.35. The first kappa shape index (κ1) is 14.7. The normalized spacial score (nSPS) is 12.1. The fourth-order valence-electron chi connectivity index (χ4n) is 1.42. The molecular weight excluding hydrogens is 248 g/mol. The number of nitriles is 1. The lowest BCUT2D eigenvalue weighted by atomic mass is 10.2. The topological polar surface area (TPSA) is 81.6 Å². The minimum atomic E-state index is -0.133. The first-order valence-electron chi connectivity index (χ1n) is 5.99. The van der Waals surface area contributed by atoms with Gasteiger partial charge in [0.25, 0.3) is 5.56 Å². The quantitative estimate of drug-likeness (QED) is 0.576. The number of hydrogen-bond acceptors (Lipinski definition) is 5. The molecule has 0 radical (unpaired) electrons. The molecular formula is C12H18N4OS. The van der Waals surface area contributed by atoms with Crippen molar-refractivity contribution in [2.75, 3.05) is 12.3 Å². The van der Waals surface area contributed by atoms with Crippen LogP contribution in [0.4, 0.5) is 0 Å². The molecule has 0 amide bonds. The Morgan fingerprint density at radius 2 is 2.44 bits per heavy atom. The van der Waals surface area contributed by atoms with Gasteiger partial charge in [0.2, 0.25) is 0 Å². The van der Waals surface area contributed by atoms with E-state index in [2.05, 4.69) is 28.3 Å². The Kier molecular flexibility index (Phi) is 6.47. The van der Waals surface area contributed by atoms with Gasteiger partial charge in [0.05, 0.1) is 12.1 Å². The van der Waals surface area contributed by atoms with Crippen molar-refractivity contribution in [3.05, 3.63) is 22.1 Å². The average molecular weight is 266 g/mol. The predicted octanol–water partition coefficient (Wildman–Crippen LogP) is 1.45. The van der Waals surface area contributed by atoms with E-state index in [-0.39, 0.29) is 11.6 Å². The summed E-state index contributed by atoms with van der Waals surface area (Å²) >= 11 is 1.47. The molecule has 1 rings (SSSR count). The molecule has 1 heterocycles. The zero-order chi connectivity index (χ0) is 13.4. The van der Waals surface area contributed by atoms with Crippen LogP contribution in [0.3, 0.4) is 0 Å². The van der Waals surface area contributed by atoms with Crippen molar-refractivity contribution in [3.63, 3.8) is 0 Å². The molecule has 5 nitrogen and oxygen atoms in total. The molecule has 6 heteroatoms. The first-order chi connectivity index (χ1) is 8.65. The van der Waals surface area contributed by atoms with Crippen molar-refractivity contribution in [2.24, 2.45) is 0 Å². The van der Waals surface area contributed by atoms with Gasteiger partial charge < -0.3 is 10.3 Å². The second-order valence-corrected chi connectivity index (χ2v) is 5.05. The summed E-state index contributed by atoms with van der Waals surface area (Å²) in [6, 6.07) is 3.56. The highest BCUT2D eigenvalue weighted by molar-refractivity contribution is 7.99. The molecule has 98 valence electrons. The SMILES string of the molecule is CCCNC(C#N)CCSc1nc(C)cc(=O)[nH]1. The van der Waals surface area contributed by atoms with Crippen molar-refractivity contribution in [1.82, 2.24) is 15.3 Å². The van der Waals surface area contributed by atoms with Crippen LogP contribution in [0.5, 0.6) is 0 Å². The molecule has 0 bridgehead atoms. The van der Waals surface area contributed by atoms with Crippen LogP contribution in [-0.2, 0) is 0 Å². The van der Waals surface area contributed by atoms with Crippen LogP contribution in [0.25, 0.3) is 0 Å². The van der Waals surface area contributed by atoms with E-state index >= 15 is 0 Å². The van der Waals surface area contributed by atoms with Gasteiger partial charge in [-0.2, -0.15) is 5.26 Å². The van der Waals surface area contributed by atoms with E-state index in [0.29, 0.717) is 10.9 Å². The molecule has 2 N–H and O–H groups in total. The van der Waals surface area contributed by atoms with Gasteiger partial charge in [0.15, 0.2) is 5.16 Å². The van der Waals surface area contributed by atoms with E-state index in [0.717, 1.165) is 25.1 Å². The molecule has 0 aliphatic rings. The molecule has 0 aliphatic carbocycles. The van der Waals surface area contributed by atoms with Crippen LogP contribution in [0, 0.1) is 18.3 Å². The first-order valence-corrected chi connectivity index (χ1v) is 6.98. The molecule has 0 saturated heterocycles. The third kappa shape index (κ3) is 5.34. The van der Waals surface area contributed by atoms with Crippen molar-refractivity contribution < 1.29 is 0 Å². The summed E-state index contributed by atoms with van der Waals surface area (Å²) in [5.41, 5.74) is 0.577. The van der Waals surface area contributed by atoms with Crippen LogP contribution < -0.4 is 10.9 Å². The highest BCUT2D eigenvalue weighted by Crippen LogP contribution is 2.13. The maximum Gasteiger partial charge on any atom is 0.251 e. The van der Waals surface area contributed by atoms with Crippen LogP contribution in [-0.4, -0.2) is 28.3 Å². The van der Waals surface area contributed by atoms with Gasteiger partial charge in [-0.1, -0.05) is 18.7 Å². The van der Waals surface area contributed by atoms with Gasteiger partial charge in [-0.05, 0) is 26.3 Å². The van der Waals surface area contributed by atoms with Crippen LogP contribution in [0.15, 0.2) is 16.0 Å². The highest BCUT2D eigenvalue weighted by atomic mass is 32.2. The summed E-state index contributed by atoms with van der Waals surface area (Å²) in [4.78, 5) is 18.1. The predicted molar refractivity (Wildman–Crippen MR) is 72.6 cm³/mol. The molecule has 1 aromatic heterocycles. The maximum atomic E-state index is 11.2. The van der Waals surface area contributed by atoms with E-state index in [1.807, 2.05) is 0 Å². The third-order valence-corrected chi connectivity index (χ3v) is 3.20. The number of hydrogen-bond donors (Lipinski definition) is 2. The van der Waals surface area contributed by atoms with Crippen molar-refractivity contribution in [2.45, 2.75) is 37.9 Å². The minimum absolute atomic E-state index is 0.131. The van der Waals surface area contributed by atoms with Gasteiger partial charge in [-0.25, -0.2) is 4.98 Å². The number of nitrogens with one attached hydrogen (secondary N) is 2. The van der Waals surface area contributed by atoms with Gasteiger partial charge in [-0.3, -0.25) is 4.79 Å². The zero-order valence-corrected chi connectivity index (χ0v) is 11.5. The maximum absolute atomic E-state index is 11.2. The molecule has 1 unspecified atom stereocenters. The third-order valence-electron chi connectivity index (χ3n) is 2.29. The average Bonchev–Trinajstić information content (AvgIpc) is 2.32. The summed E-state index contributed by atoms with van der Waals surface area (Å²) in [6.07, 6.45) is 1.75. The van der Waals surface area contributed by atoms with Gasteiger partial charge >= 0.3 is 0 Å². The van der Waals surface area contributed by atoms with Gasteiger partial charge in [0, 0.05) is 17.5 Å². The van der Waals surface area contributed by atoms with E-state index < -0.39 is 0 Å². The molecule has 0 saturated carbocycles. The number of aromatic nitrogens is 2. The van der Waals surface area contributed by atoms with Crippen LogP contribution in [0.1, 0.15) is 25.5 Å². The smallest absolute Gasteiger partial charge is 0.251 e. The van der Waals surface area contributed by atoms with Crippen LogP contribution >= 0.6 is 11.8 Å². The van der Waals surface area contributed by atoms with Crippen molar-refractivity contribution in [1.29, 1.82) is 5.26 Å². The van der Waals surface area contributed by atoms with E-state index in [1.54, 1.807) is 6.92 Å². The number of aromatic amines is 1. The fraction of sp³-hybridized carbons (Fsp3) is 0.583. The Bertz CT molecular complexity index is 466. The Labute approximate surface area is 111 Å². The van der Waals surface area contributed by atoms with E-state index in [9.17, 15) is 4.79 Å². The summed E-state index contributed by atoms with van der Waals surface area (Å²) in [5, 5.41) is 12.7. The van der Waals surface area contributed by atoms with Gasteiger partial charge in [-0.15, -0.1) is 0 Å². The van der Waals surface area contributed by atoms with Crippen molar-refractivity contribution >= 4 is 11.8 Å². The zero-order valence-electron chi connectivity index (χ0n) is 10.7. The lowest BCUT2D eigenvalue weighted by Crippen LogP contribution is -2.28. The highest BCUT2D eigenvalue weighted by Gasteiger charge is 2.06.